The Labute approximate surface area is 347 Å². The van der Waals surface area contributed by atoms with Crippen LogP contribution in [0.5, 0.6) is 11.5 Å². The van der Waals surface area contributed by atoms with Crippen molar-refractivity contribution in [1.29, 1.82) is 0 Å². The first-order valence-corrected chi connectivity index (χ1v) is 18.4. The average Bonchev–Trinajstić information content (AvgIpc) is 3.58. The monoisotopic (exact) mass is 833 g/mol. The molecule has 16 heteroatoms. The highest BCUT2D eigenvalue weighted by Crippen LogP contribution is 2.39. The molecule has 0 atom stereocenters. The molecule has 56 heavy (non-hydrogen) atoms. The van der Waals surface area contributed by atoms with Gasteiger partial charge < -0.3 is 39.6 Å². The van der Waals surface area contributed by atoms with E-state index in [9.17, 15) is 14.4 Å². The maximum atomic E-state index is 14.2. The van der Waals surface area contributed by atoms with Crippen molar-refractivity contribution in [2.45, 2.75) is 39.2 Å². The Morgan fingerprint density at radius 1 is 0.929 bits per heavy atom. The molecular formula is C40H54Cl3N7O6. The van der Waals surface area contributed by atoms with E-state index in [4.69, 9.17) is 24.9 Å². The zero-order chi connectivity index (χ0) is 37.5. The van der Waals surface area contributed by atoms with Gasteiger partial charge in [-0.25, -0.2) is 4.98 Å². The number of fused-ring (bicyclic) bond motifs is 1. The number of aryl methyl sites for hydroxylation is 1. The van der Waals surface area contributed by atoms with Crippen LogP contribution in [-0.4, -0.2) is 123 Å². The highest BCUT2D eigenvalue weighted by molar-refractivity contribution is 6.15. The van der Waals surface area contributed by atoms with E-state index in [0.29, 0.717) is 49.8 Å². The Kier molecular flexibility index (Phi) is 17.7. The predicted octanol–water partition coefficient (Wildman–Crippen LogP) is 5.73. The second-order valence-electron chi connectivity index (χ2n) is 13.9. The molecule has 0 radical (unpaired) electrons. The molecule has 4 aromatic rings. The van der Waals surface area contributed by atoms with Crippen LogP contribution < -0.4 is 20.1 Å². The maximum Gasteiger partial charge on any atom is 0.259 e. The number of carbonyl (C=O) groups is 3. The number of benzene rings is 3. The molecule has 3 amide bonds. The van der Waals surface area contributed by atoms with Crippen LogP contribution in [0.3, 0.4) is 0 Å². The lowest BCUT2D eigenvalue weighted by Crippen LogP contribution is -2.47. The van der Waals surface area contributed by atoms with Gasteiger partial charge in [0.25, 0.3) is 11.8 Å². The summed E-state index contributed by atoms with van der Waals surface area (Å²) in [5, 5.41) is 0. The van der Waals surface area contributed by atoms with Crippen LogP contribution in [0.25, 0.3) is 22.2 Å². The van der Waals surface area contributed by atoms with Crippen molar-refractivity contribution in [2.75, 3.05) is 85.2 Å². The number of methoxy groups -OCH3 is 1. The van der Waals surface area contributed by atoms with Crippen LogP contribution >= 0.6 is 37.2 Å². The van der Waals surface area contributed by atoms with E-state index in [1.54, 1.807) is 19.2 Å². The van der Waals surface area contributed by atoms with Gasteiger partial charge >= 0.3 is 0 Å². The molecule has 2 aliphatic heterocycles. The Morgan fingerprint density at radius 2 is 1.66 bits per heavy atom. The summed E-state index contributed by atoms with van der Waals surface area (Å²) in [6.07, 6.45) is 2.95. The fourth-order valence-electron chi connectivity index (χ4n) is 7.03. The number of para-hydroxylation sites is 1. The Bertz CT molecular complexity index is 1950. The number of carbonyl (C=O) groups excluding carboxylic acids is 3. The van der Waals surface area contributed by atoms with Gasteiger partial charge in [0.15, 0.2) is 0 Å². The summed E-state index contributed by atoms with van der Waals surface area (Å²) in [4.78, 5) is 56.2. The summed E-state index contributed by atoms with van der Waals surface area (Å²) < 4.78 is 17.6. The smallest absolute Gasteiger partial charge is 0.259 e. The lowest BCUT2D eigenvalue weighted by molar-refractivity contribution is -0.132. The van der Waals surface area contributed by atoms with E-state index >= 15 is 0 Å². The molecular weight excluding hydrogens is 781 g/mol. The third-order valence-corrected chi connectivity index (χ3v) is 10.1. The van der Waals surface area contributed by atoms with Gasteiger partial charge in [-0.05, 0) is 69.1 Å². The molecule has 6 rings (SSSR count). The molecule has 0 aliphatic carbocycles. The van der Waals surface area contributed by atoms with Crippen LogP contribution in [0.15, 0.2) is 48.5 Å². The van der Waals surface area contributed by atoms with Gasteiger partial charge in [0, 0.05) is 63.9 Å². The molecule has 2 saturated heterocycles. The maximum absolute atomic E-state index is 14.2. The standard InChI is InChI=1S/C40H51N7O6.3ClH/c1-27-12-15-32(33(25-27)53-22-7-5-6-11-35(48)47-18-16-44(2)17-19-47)45(3)40(50)30-14-13-29(38(51-4)36(30)39(41)49)28-9-8-10-31-37(28)43-34(42-31)26-46-20-23-52-24-21-46;;;/h8-10,12-15,25H,5-7,11,16-24,26H2,1-4H3,(H2,41,49)(H,42,43);3*1H. The van der Waals surface area contributed by atoms with Gasteiger partial charge in [-0.3, -0.25) is 19.3 Å². The number of nitrogens with two attached hydrogens (primary N) is 1. The topological polar surface area (TPSA) is 147 Å². The number of hydrogen-bond acceptors (Lipinski definition) is 9. The first kappa shape index (κ1) is 46.3. The zero-order valence-electron chi connectivity index (χ0n) is 32.5. The largest absolute Gasteiger partial charge is 0.495 e. The van der Waals surface area contributed by atoms with Gasteiger partial charge in [0.05, 0.1) is 61.3 Å². The van der Waals surface area contributed by atoms with E-state index in [0.717, 1.165) is 86.5 Å². The van der Waals surface area contributed by atoms with Gasteiger partial charge in [0.1, 0.15) is 17.3 Å². The van der Waals surface area contributed by atoms with E-state index in [2.05, 4.69) is 21.8 Å². The number of halogens is 3. The number of morpholine rings is 1. The van der Waals surface area contributed by atoms with Gasteiger partial charge in [-0.1, -0.05) is 18.2 Å². The number of H-pyrrole nitrogens is 1. The number of unbranched alkanes of at least 4 members (excludes halogenated alkanes) is 2. The Balaban J connectivity index is 0.00000280. The summed E-state index contributed by atoms with van der Waals surface area (Å²) in [6, 6.07) is 14.8. The van der Waals surface area contributed by atoms with E-state index in [1.807, 2.05) is 48.2 Å². The Morgan fingerprint density at radius 3 is 2.36 bits per heavy atom. The molecule has 3 heterocycles. The molecule has 2 fully saturated rings. The molecule has 13 nitrogen and oxygen atoms in total. The number of nitrogens with one attached hydrogen (secondary N) is 1. The van der Waals surface area contributed by atoms with Crippen LogP contribution in [-0.2, 0) is 16.1 Å². The number of ether oxygens (including phenoxy) is 3. The first-order chi connectivity index (χ1) is 25.6. The van der Waals surface area contributed by atoms with Crippen molar-refractivity contribution in [3.8, 4) is 22.6 Å². The summed E-state index contributed by atoms with van der Waals surface area (Å²) in [5.74, 6) is 0.570. The number of aromatic nitrogens is 2. The number of hydrogen-bond donors (Lipinski definition) is 2. The number of amides is 3. The molecule has 0 saturated carbocycles. The highest BCUT2D eigenvalue weighted by atomic mass is 35.5. The average molecular weight is 835 g/mol. The summed E-state index contributed by atoms with van der Waals surface area (Å²) in [5.41, 5.74) is 10.5. The molecule has 2 aliphatic rings. The van der Waals surface area contributed by atoms with Gasteiger partial charge in [-0.2, -0.15) is 0 Å². The van der Waals surface area contributed by atoms with Crippen molar-refractivity contribution in [1.82, 2.24) is 24.7 Å². The molecule has 3 N–H and O–H groups in total. The third-order valence-electron chi connectivity index (χ3n) is 10.1. The van der Waals surface area contributed by atoms with Crippen molar-refractivity contribution in [3.63, 3.8) is 0 Å². The van der Waals surface area contributed by atoms with Crippen LogP contribution in [0.4, 0.5) is 5.69 Å². The number of primary amides is 1. The van der Waals surface area contributed by atoms with Crippen LogP contribution in [0.1, 0.15) is 57.8 Å². The SMILES string of the molecule is COc1c(-c2cccc3[nH]c(CN4CCOCC4)nc23)ccc(C(=O)N(C)c2ccc(C)cc2OCCCCCC(=O)N2CCN(C)CC2)c1C(N)=O.Cl.Cl.Cl. The second kappa shape index (κ2) is 21.4. The van der Waals surface area contributed by atoms with Crippen molar-refractivity contribution in [3.05, 3.63) is 71.0 Å². The fourth-order valence-corrected chi connectivity index (χ4v) is 7.03. The minimum absolute atomic E-state index is 0. The minimum Gasteiger partial charge on any atom is -0.495 e. The molecule has 0 spiro atoms. The number of piperazine rings is 1. The number of rotatable bonds is 14. The van der Waals surface area contributed by atoms with Crippen LogP contribution in [0.2, 0.25) is 0 Å². The van der Waals surface area contributed by atoms with Crippen molar-refractivity contribution < 1.29 is 28.6 Å². The van der Waals surface area contributed by atoms with E-state index < -0.39 is 11.8 Å². The van der Waals surface area contributed by atoms with E-state index in [-0.39, 0.29) is 60.0 Å². The number of anilines is 1. The fraction of sp³-hybridized carbons (Fsp3) is 0.450. The highest BCUT2D eigenvalue weighted by Gasteiger charge is 2.28. The quantitative estimate of drug-likeness (QED) is 0.152. The minimum atomic E-state index is -0.783. The Hall–Kier alpha value is -4.11. The molecule has 0 bridgehead atoms. The molecule has 306 valence electrons. The lowest BCUT2D eigenvalue weighted by Gasteiger charge is -2.32. The second-order valence-corrected chi connectivity index (χ2v) is 13.9. The summed E-state index contributed by atoms with van der Waals surface area (Å²) in [7, 11) is 5.19. The van der Waals surface area contributed by atoms with Crippen molar-refractivity contribution >= 4 is 71.7 Å². The predicted molar refractivity (Wildman–Crippen MR) is 226 cm³/mol. The summed E-state index contributed by atoms with van der Waals surface area (Å²) >= 11 is 0. The zero-order valence-corrected chi connectivity index (χ0v) is 35.0. The number of likely N-dealkylation sites (N-methyl/N-ethyl adjacent to an activating group) is 1. The van der Waals surface area contributed by atoms with Crippen LogP contribution in [0, 0.1) is 6.92 Å². The normalized spacial score (nSPS) is 14.6. The first-order valence-electron chi connectivity index (χ1n) is 18.4. The number of nitrogens with zero attached hydrogens (tertiary/aromatic N) is 5. The number of aromatic amines is 1. The van der Waals surface area contributed by atoms with E-state index in [1.165, 1.54) is 12.0 Å². The lowest BCUT2D eigenvalue weighted by atomic mass is 9.95. The molecule has 1 aromatic heterocycles. The van der Waals surface area contributed by atoms with Crippen molar-refractivity contribution in [2.24, 2.45) is 5.73 Å². The summed E-state index contributed by atoms with van der Waals surface area (Å²) in [6.45, 7) is 9.51. The number of imidazole rings is 1. The third kappa shape index (κ3) is 10.8. The van der Waals surface area contributed by atoms with Gasteiger partial charge in [-0.15, -0.1) is 37.2 Å². The molecule has 3 aromatic carbocycles. The molecule has 0 unspecified atom stereocenters. The van der Waals surface area contributed by atoms with Gasteiger partial charge in [0.2, 0.25) is 5.91 Å².